The Morgan fingerprint density at radius 2 is 1.75 bits per heavy atom. The highest BCUT2D eigenvalue weighted by Gasteiger charge is 2.18. The van der Waals surface area contributed by atoms with Gasteiger partial charge in [-0.05, 0) is 12.1 Å². The van der Waals surface area contributed by atoms with E-state index in [0.29, 0.717) is 0 Å². The predicted octanol–water partition coefficient (Wildman–Crippen LogP) is 0.868. The standard InChI is InChI=1S/C8H4N2O5S/c11-4-9-6-2-1-3-7(16(13,14)15)8(6)10-5-12/h1-3H,(H,13,14,15). The lowest BCUT2D eigenvalue weighted by atomic mass is 10.3. The molecular formula is C8H4N2O5S. The maximum atomic E-state index is 10.9. The molecule has 0 atom stereocenters. The molecule has 0 aliphatic rings. The highest BCUT2D eigenvalue weighted by Crippen LogP contribution is 2.33. The van der Waals surface area contributed by atoms with Crippen LogP contribution in [0.2, 0.25) is 0 Å². The first-order valence-electron chi connectivity index (χ1n) is 3.77. The summed E-state index contributed by atoms with van der Waals surface area (Å²) in [5.74, 6) is 0. The fourth-order valence-corrected chi connectivity index (χ4v) is 1.66. The number of rotatable bonds is 3. The third-order valence-electron chi connectivity index (χ3n) is 1.58. The summed E-state index contributed by atoms with van der Waals surface area (Å²) in [6.45, 7) is 0. The predicted molar refractivity (Wildman–Crippen MR) is 51.8 cm³/mol. The van der Waals surface area contributed by atoms with E-state index in [1.54, 1.807) is 0 Å². The number of carbonyl (C=O) groups excluding carboxylic acids is 2. The van der Waals surface area contributed by atoms with E-state index in [4.69, 9.17) is 4.55 Å². The van der Waals surface area contributed by atoms with Crippen molar-refractivity contribution in [3.8, 4) is 0 Å². The molecule has 0 saturated carbocycles. The van der Waals surface area contributed by atoms with E-state index in [0.717, 1.165) is 12.1 Å². The summed E-state index contributed by atoms with van der Waals surface area (Å²) in [6, 6.07) is 3.47. The van der Waals surface area contributed by atoms with Crippen LogP contribution in [0.15, 0.2) is 33.1 Å². The van der Waals surface area contributed by atoms with Gasteiger partial charge >= 0.3 is 0 Å². The molecular weight excluding hydrogens is 236 g/mol. The molecule has 16 heavy (non-hydrogen) atoms. The summed E-state index contributed by atoms with van der Waals surface area (Å²) in [7, 11) is -4.56. The zero-order chi connectivity index (χ0) is 12.2. The molecule has 0 saturated heterocycles. The molecule has 7 nitrogen and oxygen atoms in total. The van der Waals surface area contributed by atoms with Crippen molar-refractivity contribution in [3.63, 3.8) is 0 Å². The van der Waals surface area contributed by atoms with Crippen molar-refractivity contribution >= 4 is 33.7 Å². The first-order chi connectivity index (χ1) is 7.50. The van der Waals surface area contributed by atoms with E-state index in [2.05, 4.69) is 9.98 Å². The summed E-state index contributed by atoms with van der Waals surface area (Å²) >= 11 is 0. The minimum atomic E-state index is -4.56. The van der Waals surface area contributed by atoms with Gasteiger partial charge in [0.15, 0.2) is 0 Å². The van der Waals surface area contributed by atoms with Crippen LogP contribution in [0.1, 0.15) is 0 Å². The monoisotopic (exact) mass is 240 g/mol. The second kappa shape index (κ2) is 4.61. The number of nitrogens with zero attached hydrogens (tertiary/aromatic N) is 2. The molecule has 0 aliphatic carbocycles. The van der Waals surface area contributed by atoms with Crippen LogP contribution in [0.5, 0.6) is 0 Å². The first kappa shape index (κ1) is 12.0. The molecule has 0 heterocycles. The normalized spacial score (nSPS) is 10.1. The highest BCUT2D eigenvalue weighted by molar-refractivity contribution is 7.86. The smallest absolute Gasteiger partial charge is 0.282 e. The maximum Gasteiger partial charge on any atom is 0.296 e. The van der Waals surface area contributed by atoms with Gasteiger partial charge < -0.3 is 0 Å². The van der Waals surface area contributed by atoms with Crippen LogP contribution in [-0.2, 0) is 19.7 Å². The Labute approximate surface area is 89.9 Å². The number of hydrogen-bond donors (Lipinski definition) is 1. The van der Waals surface area contributed by atoms with E-state index in [9.17, 15) is 18.0 Å². The lowest BCUT2D eigenvalue weighted by molar-refractivity contribution is 0.483. The van der Waals surface area contributed by atoms with Gasteiger partial charge in [0.25, 0.3) is 10.1 Å². The zero-order valence-corrected chi connectivity index (χ0v) is 8.43. The van der Waals surface area contributed by atoms with Crippen molar-refractivity contribution in [1.82, 2.24) is 0 Å². The molecule has 0 bridgehead atoms. The highest BCUT2D eigenvalue weighted by atomic mass is 32.2. The molecule has 0 fully saturated rings. The fourth-order valence-electron chi connectivity index (χ4n) is 1.02. The second-order valence-corrected chi connectivity index (χ2v) is 3.90. The van der Waals surface area contributed by atoms with E-state index in [1.165, 1.54) is 18.2 Å². The second-order valence-electron chi connectivity index (χ2n) is 2.51. The minimum absolute atomic E-state index is 0.200. The van der Waals surface area contributed by atoms with Crippen molar-refractivity contribution in [3.05, 3.63) is 18.2 Å². The van der Waals surface area contributed by atoms with E-state index < -0.39 is 20.7 Å². The summed E-state index contributed by atoms with van der Waals surface area (Å²) in [5, 5.41) is 0. The van der Waals surface area contributed by atoms with E-state index in [-0.39, 0.29) is 5.69 Å². The van der Waals surface area contributed by atoms with Crippen LogP contribution in [0.3, 0.4) is 0 Å². The van der Waals surface area contributed by atoms with Gasteiger partial charge in [-0.1, -0.05) is 6.07 Å². The third kappa shape index (κ3) is 2.47. The summed E-state index contributed by atoms with van der Waals surface area (Å²) < 4.78 is 30.7. The quantitative estimate of drug-likeness (QED) is 0.478. The molecule has 1 aromatic carbocycles. The minimum Gasteiger partial charge on any atom is -0.282 e. The molecule has 0 radical (unpaired) electrons. The molecule has 0 spiro atoms. The summed E-state index contributed by atoms with van der Waals surface area (Å²) in [6.07, 6.45) is 2.28. The Hall–Kier alpha value is -2.11. The van der Waals surface area contributed by atoms with Crippen molar-refractivity contribution in [2.45, 2.75) is 4.90 Å². The van der Waals surface area contributed by atoms with Crippen LogP contribution in [0, 0.1) is 0 Å². The molecule has 0 aromatic heterocycles. The van der Waals surface area contributed by atoms with Gasteiger partial charge in [-0.15, -0.1) is 0 Å². The van der Waals surface area contributed by atoms with Gasteiger partial charge in [0.05, 0.1) is 0 Å². The Morgan fingerprint density at radius 3 is 2.25 bits per heavy atom. The van der Waals surface area contributed by atoms with Gasteiger partial charge in [-0.3, -0.25) is 4.55 Å². The first-order valence-corrected chi connectivity index (χ1v) is 5.21. The van der Waals surface area contributed by atoms with Crippen LogP contribution in [-0.4, -0.2) is 25.1 Å². The van der Waals surface area contributed by atoms with Gasteiger partial charge in [-0.2, -0.15) is 18.4 Å². The topological polar surface area (TPSA) is 113 Å². The lowest BCUT2D eigenvalue weighted by Crippen LogP contribution is -1.98. The SMILES string of the molecule is O=C=Nc1cccc(S(=O)(=O)O)c1N=C=O. The number of aliphatic imine (C=N–C) groups is 2. The zero-order valence-electron chi connectivity index (χ0n) is 7.61. The molecule has 1 N–H and O–H groups in total. The van der Waals surface area contributed by atoms with Gasteiger partial charge in [0.1, 0.15) is 16.3 Å². The molecule has 82 valence electrons. The third-order valence-corrected chi connectivity index (χ3v) is 2.46. The average molecular weight is 240 g/mol. The van der Waals surface area contributed by atoms with Gasteiger partial charge in [-0.25, -0.2) is 9.59 Å². The molecule has 1 rings (SSSR count). The number of hydrogen-bond acceptors (Lipinski definition) is 6. The van der Waals surface area contributed by atoms with Crippen LogP contribution < -0.4 is 0 Å². The maximum absolute atomic E-state index is 10.9. The average Bonchev–Trinajstić information content (AvgIpc) is 2.19. The Bertz CT molecular complexity index is 609. The molecule has 0 amide bonds. The van der Waals surface area contributed by atoms with E-state index in [1.807, 2.05) is 0 Å². The Balaban J connectivity index is 3.70. The lowest BCUT2D eigenvalue weighted by Gasteiger charge is -2.02. The molecule has 0 aliphatic heterocycles. The molecule has 1 aromatic rings. The number of benzene rings is 1. The Kier molecular flexibility index (Phi) is 3.44. The van der Waals surface area contributed by atoms with Crippen LogP contribution in [0.4, 0.5) is 11.4 Å². The van der Waals surface area contributed by atoms with Crippen molar-refractivity contribution in [2.24, 2.45) is 9.98 Å². The summed E-state index contributed by atoms with van der Waals surface area (Å²) in [4.78, 5) is 25.7. The number of isocyanates is 2. The van der Waals surface area contributed by atoms with Crippen molar-refractivity contribution in [1.29, 1.82) is 0 Å². The van der Waals surface area contributed by atoms with Gasteiger partial charge in [0.2, 0.25) is 12.2 Å². The van der Waals surface area contributed by atoms with Crippen molar-refractivity contribution < 1.29 is 22.6 Å². The van der Waals surface area contributed by atoms with E-state index >= 15 is 0 Å². The van der Waals surface area contributed by atoms with Crippen LogP contribution >= 0.6 is 0 Å². The van der Waals surface area contributed by atoms with Crippen molar-refractivity contribution in [2.75, 3.05) is 0 Å². The Morgan fingerprint density at radius 1 is 1.12 bits per heavy atom. The molecule has 8 heteroatoms. The molecule has 0 unspecified atom stereocenters. The van der Waals surface area contributed by atoms with Crippen LogP contribution in [0.25, 0.3) is 0 Å². The largest absolute Gasteiger partial charge is 0.296 e. The fraction of sp³-hybridized carbons (Fsp3) is 0. The summed E-state index contributed by atoms with van der Waals surface area (Å²) in [5.41, 5.74) is -0.656. The number of para-hydroxylation sites is 1. The van der Waals surface area contributed by atoms with Gasteiger partial charge in [0, 0.05) is 0 Å².